The smallest absolute Gasteiger partial charge is 0.369 e. The minimum atomic E-state index is -4.60. The fraction of sp³-hybridized carbons (Fsp3) is 0.833. The van der Waals surface area contributed by atoms with Crippen LogP contribution >= 0.6 is 0 Å². The molecular formula is C6H8F3NO2. The summed E-state index contributed by atoms with van der Waals surface area (Å²) in [6, 6.07) is 0. The van der Waals surface area contributed by atoms with Gasteiger partial charge < -0.3 is 5.73 Å². The second-order valence-electron chi connectivity index (χ2n) is 2.76. The molecule has 0 aromatic heterocycles. The molecule has 0 atom stereocenters. The summed E-state index contributed by atoms with van der Waals surface area (Å²) in [7, 11) is 0. The highest BCUT2D eigenvalue weighted by Gasteiger charge is 2.41. The Bertz CT molecular complexity index is 186. The Hall–Kier alpha value is -0.780. The molecule has 12 heavy (non-hydrogen) atoms. The lowest BCUT2D eigenvalue weighted by molar-refractivity contribution is -0.353. The van der Waals surface area contributed by atoms with Gasteiger partial charge in [-0.15, -0.1) is 13.2 Å². The molecule has 0 aromatic carbocycles. The molecule has 3 nitrogen and oxygen atoms in total. The number of ether oxygens (including phenoxy) is 1. The van der Waals surface area contributed by atoms with Crippen molar-refractivity contribution in [3.8, 4) is 0 Å². The van der Waals surface area contributed by atoms with Crippen LogP contribution < -0.4 is 5.73 Å². The highest BCUT2D eigenvalue weighted by Crippen LogP contribution is 2.34. The van der Waals surface area contributed by atoms with E-state index in [1.807, 2.05) is 0 Å². The number of hydrogen-bond acceptors (Lipinski definition) is 2. The molecule has 1 rings (SSSR count). The fourth-order valence-electron chi connectivity index (χ4n) is 1.08. The van der Waals surface area contributed by atoms with Crippen LogP contribution in [0.25, 0.3) is 0 Å². The molecular weight excluding hydrogens is 175 g/mol. The van der Waals surface area contributed by atoms with Gasteiger partial charge in [-0.25, -0.2) is 0 Å². The Kier molecular flexibility index (Phi) is 2.27. The first-order valence-corrected chi connectivity index (χ1v) is 3.42. The third-order valence-corrected chi connectivity index (χ3v) is 1.80. The number of halogens is 3. The summed E-state index contributed by atoms with van der Waals surface area (Å²) in [6.07, 6.45) is -5.33. The van der Waals surface area contributed by atoms with E-state index < -0.39 is 24.3 Å². The van der Waals surface area contributed by atoms with Crippen molar-refractivity contribution >= 4 is 5.91 Å². The van der Waals surface area contributed by atoms with Gasteiger partial charge in [-0.2, -0.15) is 0 Å². The predicted octanol–water partition coefficient (Wildman–Crippen LogP) is 0.787. The number of alkyl halides is 3. The molecule has 70 valence electrons. The largest absolute Gasteiger partial charge is 0.522 e. The Balaban J connectivity index is 2.22. The minimum absolute atomic E-state index is 0.0782. The Morgan fingerprint density at radius 2 is 1.92 bits per heavy atom. The monoisotopic (exact) mass is 183 g/mol. The number of amides is 1. The van der Waals surface area contributed by atoms with E-state index in [4.69, 9.17) is 5.73 Å². The molecule has 6 heteroatoms. The molecule has 0 unspecified atom stereocenters. The third kappa shape index (κ3) is 2.37. The van der Waals surface area contributed by atoms with Crippen molar-refractivity contribution in [3.63, 3.8) is 0 Å². The zero-order valence-electron chi connectivity index (χ0n) is 6.10. The van der Waals surface area contributed by atoms with Gasteiger partial charge in [0.15, 0.2) is 0 Å². The summed E-state index contributed by atoms with van der Waals surface area (Å²) in [5.74, 6) is -1.01. The molecule has 1 fully saturated rings. The normalized spacial score (nSPS) is 29.6. The molecule has 0 spiro atoms. The lowest BCUT2D eigenvalue weighted by Crippen LogP contribution is -2.42. The van der Waals surface area contributed by atoms with E-state index in [-0.39, 0.29) is 12.8 Å². The van der Waals surface area contributed by atoms with Crippen LogP contribution in [-0.4, -0.2) is 18.4 Å². The maximum atomic E-state index is 11.5. The summed E-state index contributed by atoms with van der Waals surface area (Å²) in [5.41, 5.74) is 4.85. The molecule has 0 aromatic rings. The van der Waals surface area contributed by atoms with Crippen LogP contribution in [0.3, 0.4) is 0 Å². The number of nitrogens with two attached hydrogens (primary N) is 1. The Morgan fingerprint density at radius 1 is 1.42 bits per heavy atom. The lowest BCUT2D eigenvalue weighted by Gasteiger charge is -2.32. The number of primary amides is 1. The van der Waals surface area contributed by atoms with Crippen molar-refractivity contribution < 1.29 is 22.7 Å². The van der Waals surface area contributed by atoms with Crippen molar-refractivity contribution in [3.05, 3.63) is 0 Å². The first-order chi connectivity index (χ1) is 5.38. The van der Waals surface area contributed by atoms with E-state index >= 15 is 0 Å². The molecule has 1 aliphatic rings. The van der Waals surface area contributed by atoms with Crippen LogP contribution in [0, 0.1) is 5.92 Å². The second-order valence-corrected chi connectivity index (χ2v) is 2.76. The number of hydrogen-bond donors (Lipinski definition) is 1. The first-order valence-electron chi connectivity index (χ1n) is 3.42. The molecule has 1 amide bonds. The quantitative estimate of drug-likeness (QED) is 0.687. The van der Waals surface area contributed by atoms with Gasteiger partial charge in [0.2, 0.25) is 5.91 Å². The van der Waals surface area contributed by atoms with E-state index in [2.05, 4.69) is 4.74 Å². The molecule has 0 aliphatic heterocycles. The molecule has 1 saturated carbocycles. The van der Waals surface area contributed by atoms with Gasteiger partial charge in [0.25, 0.3) is 0 Å². The van der Waals surface area contributed by atoms with Gasteiger partial charge in [0.1, 0.15) is 0 Å². The zero-order valence-corrected chi connectivity index (χ0v) is 6.10. The summed E-state index contributed by atoms with van der Waals surface area (Å²) in [6.45, 7) is 0. The van der Waals surface area contributed by atoms with Crippen molar-refractivity contribution in [1.82, 2.24) is 0 Å². The summed E-state index contributed by atoms with van der Waals surface area (Å²) in [5, 5.41) is 0. The molecule has 0 heterocycles. The van der Waals surface area contributed by atoms with Gasteiger partial charge in [-0.05, 0) is 12.8 Å². The summed E-state index contributed by atoms with van der Waals surface area (Å²) in [4.78, 5) is 10.4. The average molecular weight is 183 g/mol. The van der Waals surface area contributed by atoms with E-state index in [1.54, 1.807) is 0 Å². The van der Waals surface area contributed by atoms with Crippen LogP contribution in [-0.2, 0) is 9.53 Å². The van der Waals surface area contributed by atoms with Crippen molar-refractivity contribution in [1.29, 1.82) is 0 Å². The highest BCUT2D eigenvalue weighted by atomic mass is 19.4. The molecule has 2 N–H and O–H groups in total. The van der Waals surface area contributed by atoms with E-state index in [9.17, 15) is 18.0 Å². The number of rotatable bonds is 2. The maximum absolute atomic E-state index is 11.5. The molecule has 1 aliphatic carbocycles. The maximum Gasteiger partial charge on any atom is 0.522 e. The fourth-order valence-corrected chi connectivity index (χ4v) is 1.08. The molecule has 0 saturated heterocycles. The highest BCUT2D eigenvalue weighted by molar-refractivity contribution is 5.77. The third-order valence-electron chi connectivity index (χ3n) is 1.80. The van der Waals surface area contributed by atoms with E-state index in [0.29, 0.717) is 0 Å². The van der Waals surface area contributed by atoms with Gasteiger partial charge >= 0.3 is 6.36 Å². The van der Waals surface area contributed by atoms with Crippen molar-refractivity contribution in [2.45, 2.75) is 25.3 Å². The molecule has 0 radical (unpaired) electrons. The minimum Gasteiger partial charge on any atom is -0.369 e. The van der Waals surface area contributed by atoms with Crippen LogP contribution in [0.2, 0.25) is 0 Å². The Morgan fingerprint density at radius 3 is 2.25 bits per heavy atom. The van der Waals surface area contributed by atoms with Gasteiger partial charge in [-0.3, -0.25) is 9.53 Å². The van der Waals surface area contributed by atoms with Crippen LogP contribution in [0.5, 0.6) is 0 Å². The van der Waals surface area contributed by atoms with Gasteiger partial charge in [0.05, 0.1) is 6.10 Å². The topological polar surface area (TPSA) is 52.3 Å². The van der Waals surface area contributed by atoms with Gasteiger partial charge in [-0.1, -0.05) is 0 Å². The van der Waals surface area contributed by atoms with Gasteiger partial charge in [0, 0.05) is 5.92 Å². The molecule has 0 bridgehead atoms. The van der Waals surface area contributed by atoms with Crippen LogP contribution in [0.4, 0.5) is 13.2 Å². The van der Waals surface area contributed by atoms with Crippen molar-refractivity contribution in [2.24, 2.45) is 11.7 Å². The number of carbonyl (C=O) groups excluding carboxylic acids is 1. The van der Waals surface area contributed by atoms with Crippen molar-refractivity contribution in [2.75, 3.05) is 0 Å². The average Bonchev–Trinajstić information content (AvgIpc) is 1.74. The SMILES string of the molecule is NC(=O)[C@H]1C[C@@H](OC(F)(F)F)C1. The predicted molar refractivity (Wildman–Crippen MR) is 32.8 cm³/mol. The van der Waals surface area contributed by atoms with Crippen LogP contribution in [0.1, 0.15) is 12.8 Å². The number of carbonyl (C=O) groups is 1. The summed E-state index contributed by atoms with van der Waals surface area (Å²) < 4.78 is 38.2. The van der Waals surface area contributed by atoms with E-state index in [1.165, 1.54) is 0 Å². The Labute approximate surface area is 66.7 Å². The van der Waals surface area contributed by atoms with Crippen LogP contribution in [0.15, 0.2) is 0 Å². The zero-order chi connectivity index (χ0) is 9.35. The first kappa shape index (κ1) is 9.31. The standard InChI is InChI=1S/C6H8F3NO2/c7-6(8,9)12-4-1-3(2-4)5(10)11/h3-4H,1-2H2,(H2,10,11)/t3-,4+. The second kappa shape index (κ2) is 2.93. The lowest BCUT2D eigenvalue weighted by atomic mass is 9.82. The van der Waals surface area contributed by atoms with E-state index in [0.717, 1.165) is 0 Å². The summed E-state index contributed by atoms with van der Waals surface area (Å²) >= 11 is 0.